The predicted molar refractivity (Wildman–Crippen MR) is 151 cm³/mol. The summed E-state index contributed by atoms with van der Waals surface area (Å²) in [6.45, 7) is 2.53. The molecule has 3 aromatic rings. The van der Waals surface area contributed by atoms with Crippen LogP contribution >= 0.6 is 50.3 Å². The first-order valence-electron chi connectivity index (χ1n) is 10.6. The molecule has 1 N–H and O–H groups in total. The van der Waals surface area contributed by atoms with Crippen molar-refractivity contribution in [3.05, 3.63) is 90.3 Å². The molecule has 3 aromatic carbocycles. The third-order valence-corrected chi connectivity index (χ3v) is 7.29. The van der Waals surface area contributed by atoms with E-state index in [1.54, 1.807) is 7.11 Å². The summed E-state index contributed by atoms with van der Waals surface area (Å²) in [5, 5.41) is 3.40. The summed E-state index contributed by atoms with van der Waals surface area (Å²) in [7, 11) is 1.60. The van der Waals surface area contributed by atoms with Crippen LogP contribution in [0.4, 0.5) is 5.69 Å². The van der Waals surface area contributed by atoms with Crippen LogP contribution in [0.15, 0.2) is 75.0 Å². The largest absolute Gasteiger partial charge is 0.493 e. The highest BCUT2D eigenvalue weighted by Crippen LogP contribution is 2.39. The molecule has 1 amide bonds. The number of benzene rings is 3. The van der Waals surface area contributed by atoms with Gasteiger partial charge < -0.3 is 14.8 Å². The number of hydrogen-bond acceptors (Lipinski definition) is 5. The van der Waals surface area contributed by atoms with Gasteiger partial charge in [-0.3, -0.25) is 4.79 Å². The topological polar surface area (TPSA) is 59.9 Å². The number of methoxy groups -OCH3 is 1. The second kappa shape index (κ2) is 11.4. The monoisotopic (exact) mass is 648 g/mol. The number of carbonyl (C=O) groups excluding carboxylic acids is 1. The predicted octanol–water partition coefficient (Wildman–Crippen LogP) is 7.10. The Labute approximate surface area is 225 Å². The summed E-state index contributed by atoms with van der Waals surface area (Å²) in [6.07, 6.45) is 2.79. The Morgan fingerprint density at radius 3 is 2.47 bits per heavy atom. The Morgan fingerprint density at radius 1 is 1.09 bits per heavy atom. The number of thioether (sulfide) groups is 1. The van der Waals surface area contributed by atoms with E-state index < -0.39 is 0 Å². The molecule has 5 nitrogen and oxygen atoms in total. The molecular formula is C26H22BrIN2O3S. The van der Waals surface area contributed by atoms with Crippen molar-refractivity contribution in [1.29, 1.82) is 0 Å². The number of nitrogens with zero attached hydrogens (tertiary/aromatic N) is 1. The number of ether oxygens (including phenoxy) is 2. The van der Waals surface area contributed by atoms with E-state index in [2.05, 4.69) is 55.8 Å². The summed E-state index contributed by atoms with van der Waals surface area (Å²) in [6, 6.07) is 19.9. The highest BCUT2D eigenvalue weighted by Gasteiger charge is 2.24. The fraction of sp³-hybridized carbons (Fsp3) is 0.154. The van der Waals surface area contributed by atoms with Crippen molar-refractivity contribution in [2.24, 2.45) is 4.99 Å². The van der Waals surface area contributed by atoms with E-state index in [9.17, 15) is 4.79 Å². The Balaban J connectivity index is 1.51. The van der Waals surface area contributed by atoms with Crippen LogP contribution in [-0.2, 0) is 17.8 Å². The normalized spacial score (nSPS) is 15.6. The van der Waals surface area contributed by atoms with Crippen LogP contribution in [0.2, 0.25) is 0 Å². The molecule has 8 heteroatoms. The van der Waals surface area contributed by atoms with Gasteiger partial charge in [-0.05, 0) is 116 Å². The first-order valence-corrected chi connectivity index (χ1v) is 13.3. The SMILES string of the molecule is CCc1ccc(N=C2NC(=O)/C(=C/c3cc(Br)c(OCc4ccc(I)cc4)c(OC)c3)S2)cc1. The number of amidine groups is 1. The molecule has 0 spiro atoms. The van der Waals surface area contributed by atoms with Crippen molar-refractivity contribution < 1.29 is 14.3 Å². The van der Waals surface area contributed by atoms with E-state index in [4.69, 9.17) is 9.47 Å². The number of rotatable bonds is 7. The number of halogens is 2. The van der Waals surface area contributed by atoms with Gasteiger partial charge in [0.2, 0.25) is 0 Å². The van der Waals surface area contributed by atoms with Gasteiger partial charge in [0.15, 0.2) is 16.7 Å². The molecule has 1 aliphatic rings. The lowest BCUT2D eigenvalue weighted by Crippen LogP contribution is -2.19. The van der Waals surface area contributed by atoms with Gasteiger partial charge in [-0.1, -0.05) is 31.2 Å². The molecule has 0 unspecified atom stereocenters. The first kappa shape index (κ1) is 24.8. The molecule has 0 saturated carbocycles. The van der Waals surface area contributed by atoms with Gasteiger partial charge >= 0.3 is 0 Å². The molecule has 1 aliphatic heterocycles. The summed E-state index contributed by atoms with van der Waals surface area (Å²) >= 11 is 7.18. The average molecular weight is 649 g/mol. The van der Waals surface area contributed by atoms with Gasteiger partial charge in [0.1, 0.15) is 6.61 Å². The fourth-order valence-corrected chi connectivity index (χ4v) is 5.03. The molecule has 174 valence electrons. The first-order chi connectivity index (χ1) is 16.4. The summed E-state index contributed by atoms with van der Waals surface area (Å²) < 4.78 is 13.5. The van der Waals surface area contributed by atoms with Crippen molar-refractivity contribution >= 4 is 73.1 Å². The molecule has 0 bridgehead atoms. The number of carbonyl (C=O) groups is 1. The minimum Gasteiger partial charge on any atom is -0.493 e. The minimum absolute atomic E-state index is 0.178. The van der Waals surface area contributed by atoms with Crippen LogP contribution in [0.5, 0.6) is 11.5 Å². The van der Waals surface area contributed by atoms with Crippen LogP contribution in [0.3, 0.4) is 0 Å². The average Bonchev–Trinajstić information content (AvgIpc) is 3.17. The standard InChI is InChI=1S/C26H22BrIN2O3S/c1-3-16-6-10-20(11-7-16)29-26-30-25(31)23(34-26)14-18-12-21(27)24(22(13-18)32-2)33-15-17-4-8-19(28)9-5-17/h4-14H,3,15H2,1-2H3,(H,29,30,31)/b23-14-. The molecule has 1 fully saturated rings. The van der Waals surface area contributed by atoms with Gasteiger partial charge in [-0.25, -0.2) is 4.99 Å². The number of hydrogen-bond donors (Lipinski definition) is 1. The van der Waals surface area contributed by atoms with E-state index in [1.165, 1.54) is 20.9 Å². The maximum Gasteiger partial charge on any atom is 0.264 e. The molecule has 1 saturated heterocycles. The fourth-order valence-electron chi connectivity index (χ4n) is 3.25. The van der Waals surface area contributed by atoms with Crippen molar-refractivity contribution in [3.8, 4) is 11.5 Å². The quantitative estimate of drug-likeness (QED) is 0.219. The van der Waals surface area contributed by atoms with Crippen molar-refractivity contribution in [3.63, 3.8) is 0 Å². The highest BCUT2D eigenvalue weighted by atomic mass is 127. The number of aliphatic imine (C=N–C) groups is 1. The smallest absolute Gasteiger partial charge is 0.264 e. The molecular weight excluding hydrogens is 627 g/mol. The highest BCUT2D eigenvalue weighted by molar-refractivity contribution is 14.1. The van der Waals surface area contributed by atoms with Crippen LogP contribution < -0.4 is 14.8 Å². The lowest BCUT2D eigenvalue weighted by atomic mass is 10.1. The summed E-state index contributed by atoms with van der Waals surface area (Å²) in [4.78, 5) is 17.6. The van der Waals surface area contributed by atoms with Gasteiger partial charge in [0.25, 0.3) is 5.91 Å². The van der Waals surface area contributed by atoms with Crippen LogP contribution in [0, 0.1) is 3.57 Å². The number of aryl methyl sites for hydroxylation is 1. The zero-order chi connectivity index (χ0) is 24.1. The van der Waals surface area contributed by atoms with Crippen molar-refractivity contribution in [2.75, 3.05) is 7.11 Å². The molecule has 1 heterocycles. The zero-order valence-electron chi connectivity index (χ0n) is 18.6. The Morgan fingerprint density at radius 2 is 1.79 bits per heavy atom. The third kappa shape index (κ3) is 6.22. The molecule has 0 aliphatic carbocycles. The zero-order valence-corrected chi connectivity index (χ0v) is 23.2. The van der Waals surface area contributed by atoms with E-state index in [0.29, 0.717) is 28.2 Å². The number of amides is 1. The van der Waals surface area contributed by atoms with E-state index in [0.717, 1.165) is 27.7 Å². The minimum atomic E-state index is -0.178. The Hall–Kier alpha value is -2.30. The third-order valence-electron chi connectivity index (χ3n) is 5.07. The summed E-state index contributed by atoms with van der Waals surface area (Å²) in [5.41, 5.74) is 3.94. The molecule has 34 heavy (non-hydrogen) atoms. The van der Waals surface area contributed by atoms with E-state index in [1.807, 2.05) is 66.7 Å². The maximum absolute atomic E-state index is 12.5. The molecule has 0 aromatic heterocycles. The Kier molecular flexibility index (Phi) is 8.33. The van der Waals surface area contributed by atoms with Crippen molar-refractivity contribution in [2.45, 2.75) is 20.0 Å². The van der Waals surface area contributed by atoms with Crippen LogP contribution in [0.1, 0.15) is 23.6 Å². The Bertz CT molecular complexity index is 1260. The molecule has 0 radical (unpaired) electrons. The van der Waals surface area contributed by atoms with Gasteiger partial charge in [0.05, 0.1) is 22.2 Å². The second-order valence-corrected chi connectivity index (χ2v) is 10.6. The van der Waals surface area contributed by atoms with E-state index >= 15 is 0 Å². The summed E-state index contributed by atoms with van der Waals surface area (Å²) in [5.74, 6) is 1.02. The lowest BCUT2D eigenvalue weighted by molar-refractivity contribution is -0.115. The van der Waals surface area contributed by atoms with Crippen LogP contribution in [0.25, 0.3) is 6.08 Å². The number of nitrogens with one attached hydrogen (secondary N) is 1. The lowest BCUT2D eigenvalue weighted by Gasteiger charge is -2.14. The van der Waals surface area contributed by atoms with Gasteiger partial charge in [-0.2, -0.15) is 0 Å². The van der Waals surface area contributed by atoms with Gasteiger partial charge in [0, 0.05) is 3.57 Å². The van der Waals surface area contributed by atoms with E-state index in [-0.39, 0.29) is 5.91 Å². The molecule has 4 rings (SSSR count). The maximum atomic E-state index is 12.5. The molecule has 0 atom stereocenters. The second-order valence-electron chi connectivity index (χ2n) is 7.45. The van der Waals surface area contributed by atoms with Crippen molar-refractivity contribution in [1.82, 2.24) is 5.32 Å². The van der Waals surface area contributed by atoms with Gasteiger partial charge in [-0.15, -0.1) is 0 Å². The van der Waals surface area contributed by atoms with Crippen LogP contribution in [-0.4, -0.2) is 18.2 Å².